The first-order valence-electron chi connectivity index (χ1n) is 4.77. The third-order valence-electron chi connectivity index (χ3n) is 2.63. The normalized spacial score (nSPS) is 19.0. The van der Waals surface area contributed by atoms with Crippen LogP contribution in [0.2, 0.25) is 0 Å². The monoisotopic (exact) mass is 284 g/mol. The Bertz CT molecular complexity index is 317. The first kappa shape index (κ1) is 12.2. The molecule has 0 N–H and O–H groups in total. The minimum absolute atomic E-state index is 0. The molecule has 0 nitrogen and oxygen atoms in total. The van der Waals surface area contributed by atoms with Gasteiger partial charge in [0.15, 0.2) is 0 Å². The van der Waals surface area contributed by atoms with Gasteiger partial charge in [0, 0.05) is 0 Å². The van der Waals surface area contributed by atoms with Crippen molar-refractivity contribution in [2.45, 2.75) is 26.7 Å². The van der Waals surface area contributed by atoms with Gasteiger partial charge in [-0.2, -0.15) is 0 Å². The number of halogens is 1. The molecule has 0 heterocycles. The molecule has 0 spiro atoms. The van der Waals surface area contributed by atoms with E-state index in [-0.39, 0.29) is 37.1 Å². The van der Waals surface area contributed by atoms with Gasteiger partial charge in [0.2, 0.25) is 0 Å². The molecule has 0 fully saturated rings. The summed E-state index contributed by atoms with van der Waals surface area (Å²) in [4.78, 5) is 0. The SMILES string of the molecule is CC1=[C]([Zr+2][C]2=C(C)C=CC2)CC=C1.[Cl-].[H-]. The summed E-state index contributed by atoms with van der Waals surface area (Å²) in [6, 6.07) is 0. The van der Waals surface area contributed by atoms with Gasteiger partial charge in [-0.1, -0.05) is 0 Å². The first-order chi connectivity index (χ1) is 6.27. The molecule has 0 saturated carbocycles. The van der Waals surface area contributed by atoms with Gasteiger partial charge in [0.05, 0.1) is 0 Å². The second-order valence-electron chi connectivity index (χ2n) is 3.66. The van der Waals surface area contributed by atoms with Crippen LogP contribution in [0.5, 0.6) is 0 Å². The van der Waals surface area contributed by atoms with Crippen molar-refractivity contribution in [3.8, 4) is 0 Å². The van der Waals surface area contributed by atoms with E-state index in [0.717, 1.165) is 0 Å². The summed E-state index contributed by atoms with van der Waals surface area (Å²) in [5.41, 5.74) is 3.11. The van der Waals surface area contributed by atoms with Gasteiger partial charge < -0.3 is 13.8 Å². The van der Waals surface area contributed by atoms with Gasteiger partial charge in [0.25, 0.3) is 0 Å². The Morgan fingerprint density at radius 3 is 1.71 bits per heavy atom. The maximum atomic E-state index is 2.31. The quantitative estimate of drug-likeness (QED) is 0.699. The van der Waals surface area contributed by atoms with E-state index >= 15 is 0 Å². The Labute approximate surface area is 105 Å². The van der Waals surface area contributed by atoms with Crippen LogP contribution in [0.25, 0.3) is 0 Å². The molecule has 0 aromatic carbocycles. The van der Waals surface area contributed by atoms with E-state index in [1.165, 1.54) is 12.8 Å². The van der Waals surface area contributed by atoms with Crippen LogP contribution in [0.4, 0.5) is 0 Å². The summed E-state index contributed by atoms with van der Waals surface area (Å²) in [6.07, 6.45) is 11.7. The molecule has 0 unspecified atom stereocenters. The van der Waals surface area contributed by atoms with E-state index in [1.54, 1.807) is 17.7 Å². The number of allylic oxidation sites excluding steroid dienone is 8. The maximum Gasteiger partial charge on any atom is -1.00 e. The fraction of sp³-hybridized carbons (Fsp3) is 0.333. The predicted molar refractivity (Wildman–Crippen MR) is 54.0 cm³/mol. The smallest absolute Gasteiger partial charge is 1.00 e. The van der Waals surface area contributed by atoms with Crippen LogP contribution in [-0.2, 0) is 23.2 Å². The Morgan fingerprint density at radius 1 is 1.00 bits per heavy atom. The van der Waals surface area contributed by atoms with Crippen LogP contribution < -0.4 is 12.4 Å². The fourth-order valence-electron chi connectivity index (χ4n) is 1.71. The summed E-state index contributed by atoms with van der Waals surface area (Å²) in [5.74, 6) is 0. The van der Waals surface area contributed by atoms with Gasteiger partial charge >= 0.3 is 91.9 Å². The van der Waals surface area contributed by atoms with Crippen molar-refractivity contribution in [1.29, 1.82) is 0 Å². The maximum absolute atomic E-state index is 2.31. The summed E-state index contributed by atoms with van der Waals surface area (Å²) < 4.78 is 3.56. The molecule has 0 radical (unpaired) electrons. The summed E-state index contributed by atoms with van der Waals surface area (Å²) in [5, 5.41) is 0. The number of hydrogen-bond donors (Lipinski definition) is 0. The molecule has 2 aliphatic carbocycles. The zero-order valence-electron chi connectivity index (χ0n) is 9.60. The van der Waals surface area contributed by atoms with Gasteiger partial charge in [-0.25, -0.2) is 0 Å². The zero-order valence-corrected chi connectivity index (χ0v) is 11.8. The number of hydrogen-bond acceptors (Lipinski definition) is 0. The van der Waals surface area contributed by atoms with Crippen molar-refractivity contribution in [3.05, 3.63) is 42.0 Å². The standard InChI is InChI=1S/2C6H7.ClH.Zr.H/c2*1-6-4-2-3-5-6;;;/h2*2,4H,3H2,1H3;1H;;/q;;;+2;-1/p-1. The van der Waals surface area contributed by atoms with Crippen molar-refractivity contribution in [2.75, 3.05) is 0 Å². The van der Waals surface area contributed by atoms with Crippen LogP contribution in [-0.4, -0.2) is 0 Å². The molecule has 0 saturated heterocycles. The molecular weight excluding hydrogens is 271 g/mol. The van der Waals surface area contributed by atoms with Crippen LogP contribution in [0.15, 0.2) is 42.0 Å². The third-order valence-corrected chi connectivity index (χ3v) is 7.06. The molecule has 14 heavy (non-hydrogen) atoms. The molecule has 0 aromatic heterocycles. The van der Waals surface area contributed by atoms with E-state index in [4.69, 9.17) is 0 Å². The second kappa shape index (κ2) is 5.28. The van der Waals surface area contributed by atoms with Crippen LogP contribution in [0, 0.1) is 0 Å². The molecule has 2 aliphatic rings. The Morgan fingerprint density at radius 2 is 1.43 bits per heavy atom. The molecule has 0 amide bonds. The van der Waals surface area contributed by atoms with Gasteiger partial charge in [-0.15, -0.1) is 0 Å². The third kappa shape index (κ3) is 2.58. The molecular formula is C12H15ClZr. The van der Waals surface area contributed by atoms with Crippen LogP contribution in [0.3, 0.4) is 0 Å². The van der Waals surface area contributed by atoms with E-state index in [1.807, 2.05) is 0 Å². The Balaban J connectivity index is 0.000000980. The molecule has 0 aliphatic heterocycles. The fourth-order valence-corrected chi connectivity index (χ4v) is 5.07. The zero-order chi connectivity index (χ0) is 9.26. The second-order valence-corrected chi connectivity index (χ2v) is 7.24. The van der Waals surface area contributed by atoms with E-state index in [9.17, 15) is 0 Å². The van der Waals surface area contributed by atoms with Gasteiger partial charge in [-0.05, 0) is 0 Å². The summed E-state index contributed by atoms with van der Waals surface area (Å²) >= 11 is -0.385. The molecule has 74 valence electrons. The summed E-state index contributed by atoms with van der Waals surface area (Å²) in [7, 11) is 0. The van der Waals surface area contributed by atoms with E-state index in [0.29, 0.717) is 0 Å². The topological polar surface area (TPSA) is 0 Å². The molecule has 2 heteroatoms. The molecule has 2 rings (SSSR count). The summed E-state index contributed by atoms with van der Waals surface area (Å²) in [6.45, 7) is 4.52. The van der Waals surface area contributed by atoms with E-state index in [2.05, 4.69) is 38.2 Å². The van der Waals surface area contributed by atoms with Crippen molar-refractivity contribution in [3.63, 3.8) is 0 Å². The number of rotatable bonds is 2. The molecule has 0 bridgehead atoms. The van der Waals surface area contributed by atoms with Crippen molar-refractivity contribution >= 4 is 0 Å². The van der Waals surface area contributed by atoms with E-state index < -0.39 is 0 Å². The van der Waals surface area contributed by atoms with Crippen molar-refractivity contribution in [1.82, 2.24) is 0 Å². The van der Waals surface area contributed by atoms with Gasteiger partial charge in [0.1, 0.15) is 0 Å². The van der Waals surface area contributed by atoms with Gasteiger partial charge in [-0.3, -0.25) is 0 Å². The average molecular weight is 286 g/mol. The molecule has 0 aromatic rings. The first-order valence-corrected chi connectivity index (χ1v) is 7.23. The van der Waals surface area contributed by atoms with Crippen molar-refractivity contribution < 1.29 is 37.1 Å². The van der Waals surface area contributed by atoms with Crippen molar-refractivity contribution in [2.24, 2.45) is 0 Å². The molecule has 0 atom stereocenters. The largest absolute Gasteiger partial charge is 1.00 e. The average Bonchev–Trinajstić information content (AvgIpc) is 2.65. The van der Waals surface area contributed by atoms with Crippen LogP contribution in [0.1, 0.15) is 28.1 Å². The van der Waals surface area contributed by atoms with Crippen LogP contribution >= 0.6 is 0 Å². The predicted octanol–water partition coefficient (Wildman–Crippen LogP) is 0.653. The minimum Gasteiger partial charge on any atom is -1.00 e. The Kier molecular flexibility index (Phi) is 4.60. The minimum atomic E-state index is -0.385. The Hall–Kier alpha value is 0.133.